The smallest absolute Gasteiger partial charge is 0.338 e. The van der Waals surface area contributed by atoms with E-state index in [0.717, 1.165) is 0 Å². The number of methoxy groups -OCH3 is 1. The molecule has 0 saturated carbocycles. The summed E-state index contributed by atoms with van der Waals surface area (Å²) in [6, 6.07) is 15.2. The maximum absolute atomic E-state index is 13.2. The Morgan fingerprint density at radius 1 is 0.943 bits per heavy atom. The van der Waals surface area contributed by atoms with Crippen molar-refractivity contribution in [1.82, 2.24) is 4.98 Å². The summed E-state index contributed by atoms with van der Waals surface area (Å²) in [5.74, 6) is -1.81. The number of pyridine rings is 1. The molecule has 0 aliphatic carbocycles. The molecule has 1 atom stereocenters. The minimum Gasteiger partial charge on any atom is -0.507 e. The first-order valence-electron chi connectivity index (χ1n) is 11.0. The van der Waals surface area contributed by atoms with Crippen LogP contribution in [0.3, 0.4) is 0 Å². The van der Waals surface area contributed by atoms with Gasteiger partial charge in [-0.05, 0) is 80.1 Å². The van der Waals surface area contributed by atoms with Gasteiger partial charge in [-0.2, -0.15) is 0 Å². The zero-order valence-electron chi connectivity index (χ0n) is 19.5. The van der Waals surface area contributed by atoms with E-state index in [1.807, 2.05) is 0 Å². The Hall–Kier alpha value is -4.46. The fourth-order valence-electron chi connectivity index (χ4n) is 3.90. The fraction of sp³-hybridized carbons (Fsp3) is 0.185. The lowest BCUT2D eigenvalue weighted by molar-refractivity contribution is -0.132. The summed E-state index contributed by atoms with van der Waals surface area (Å²) < 4.78 is 10.4. The molecule has 1 aromatic heterocycles. The Balaban J connectivity index is 1.81. The number of hydrogen-bond donors (Lipinski definition) is 1. The lowest BCUT2D eigenvalue weighted by Crippen LogP contribution is -2.29. The highest BCUT2D eigenvalue weighted by Gasteiger charge is 2.47. The molecule has 2 heterocycles. The van der Waals surface area contributed by atoms with Crippen LogP contribution in [0.1, 0.15) is 41.4 Å². The predicted octanol–water partition coefficient (Wildman–Crippen LogP) is 4.28. The summed E-state index contributed by atoms with van der Waals surface area (Å²) in [6.07, 6.45) is 2.83. The second-order valence-electron chi connectivity index (χ2n) is 8.18. The third-order valence-corrected chi connectivity index (χ3v) is 5.55. The number of Topliss-reactive ketones (excluding diaryl/α,β-unsaturated/α-hetero) is 1. The van der Waals surface area contributed by atoms with Gasteiger partial charge in [0.05, 0.1) is 30.4 Å². The van der Waals surface area contributed by atoms with Crippen molar-refractivity contribution in [1.29, 1.82) is 0 Å². The van der Waals surface area contributed by atoms with E-state index in [4.69, 9.17) is 9.47 Å². The fourth-order valence-corrected chi connectivity index (χ4v) is 3.90. The number of anilines is 1. The molecule has 8 nitrogen and oxygen atoms in total. The summed E-state index contributed by atoms with van der Waals surface area (Å²) >= 11 is 0. The Morgan fingerprint density at radius 2 is 1.54 bits per heavy atom. The highest BCUT2D eigenvalue weighted by molar-refractivity contribution is 6.51. The number of aromatic nitrogens is 1. The molecule has 0 radical (unpaired) electrons. The van der Waals surface area contributed by atoms with Gasteiger partial charge in [0.2, 0.25) is 0 Å². The highest BCUT2D eigenvalue weighted by atomic mass is 16.5. The predicted molar refractivity (Wildman–Crippen MR) is 129 cm³/mol. The van der Waals surface area contributed by atoms with Crippen molar-refractivity contribution in [3.63, 3.8) is 0 Å². The maximum atomic E-state index is 13.2. The van der Waals surface area contributed by atoms with Gasteiger partial charge in [-0.25, -0.2) is 4.79 Å². The Labute approximate surface area is 202 Å². The van der Waals surface area contributed by atoms with E-state index in [1.54, 1.807) is 74.8 Å². The largest absolute Gasteiger partial charge is 0.507 e. The first kappa shape index (κ1) is 23.7. The molecule has 35 heavy (non-hydrogen) atoms. The molecule has 1 saturated heterocycles. The van der Waals surface area contributed by atoms with E-state index in [0.29, 0.717) is 28.1 Å². The van der Waals surface area contributed by atoms with Crippen LogP contribution in [-0.4, -0.2) is 41.0 Å². The normalized spacial score (nSPS) is 17.0. The second-order valence-corrected chi connectivity index (χ2v) is 8.18. The second kappa shape index (κ2) is 9.80. The van der Waals surface area contributed by atoms with E-state index in [2.05, 4.69) is 4.98 Å². The SMILES string of the molecule is COc1ccc(/C(O)=C2\C(=O)C(=O)N(c3ccc(C(=O)OC(C)C)cc3)C2c2ccncc2)cc1. The van der Waals surface area contributed by atoms with Crippen molar-refractivity contribution in [3.8, 4) is 5.75 Å². The van der Waals surface area contributed by atoms with E-state index in [9.17, 15) is 19.5 Å². The molecule has 8 heteroatoms. The number of carbonyl (C=O) groups is 3. The van der Waals surface area contributed by atoms with Gasteiger partial charge in [0.1, 0.15) is 11.5 Å². The van der Waals surface area contributed by atoms with Crippen molar-refractivity contribution < 1.29 is 29.0 Å². The molecular weight excluding hydrogens is 448 g/mol. The first-order chi connectivity index (χ1) is 16.8. The van der Waals surface area contributed by atoms with Gasteiger partial charge in [0.25, 0.3) is 11.7 Å². The quantitative estimate of drug-likeness (QED) is 0.247. The summed E-state index contributed by atoms with van der Waals surface area (Å²) in [5.41, 5.74) is 1.63. The van der Waals surface area contributed by atoms with Crippen LogP contribution in [0.25, 0.3) is 5.76 Å². The van der Waals surface area contributed by atoms with Crippen molar-refractivity contribution in [2.75, 3.05) is 12.0 Å². The van der Waals surface area contributed by atoms with Gasteiger partial charge < -0.3 is 14.6 Å². The summed E-state index contributed by atoms with van der Waals surface area (Å²) in [6.45, 7) is 3.51. The molecular formula is C27H24N2O6. The molecule has 0 bridgehead atoms. The van der Waals surface area contributed by atoms with E-state index < -0.39 is 23.7 Å². The molecule has 1 N–H and O–H groups in total. The number of ether oxygens (including phenoxy) is 2. The minimum atomic E-state index is -0.895. The summed E-state index contributed by atoms with van der Waals surface area (Å²) in [5, 5.41) is 11.1. The number of aliphatic hydroxyl groups is 1. The number of rotatable bonds is 6. The molecule has 3 aromatic rings. The molecule has 1 aliphatic rings. The van der Waals surface area contributed by atoms with Crippen LogP contribution in [0, 0.1) is 0 Å². The zero-order chi connectivity index (χ0) is 25.1. The van der Waals surface area contributed by atoms with Crippen molar-refractivity contribution in [2.45, 2.75) is 26.0 Å². The number of benzene rings is 2. The molecule has 0 spiro atoms. The van der Waals surface area contributed by atoms with Crippen molar-refractivity contribution in [2.24, 2.45) is 0 Å². The number of aliphatic hydroxyl groups excluding tert-OH is 1. The number of ketones is 1. The van der Waals surface area contributed by atoms with Crippen LogP contribution in [0.15, 0.2) is 78.6 Å². The van der Waals surface area contributed by atoms with Gasteiger partial charge in [-0.15, -0.1) is 0 Å². The number of esters is 1. The lowest BCUT2D eigenvalue weighted by atomic mass is 9.95. The van der Waals surface area contributed by atoms with Crippen LogP contribution >= 0.6 is 0 Å². The Bertz CT molecular complexity index is 1280. The zero-order valence-corrected chi connectivity index (χ0v) is 19.5. The molecule has 1 fully saturated rings. The Kier molecular flexibility index (Phi) is 6.64. The van der Waals surface area contributed by atoms with Gasteiger partial charge in [0.15, 0.2) is 0 Å². The van der Waals surface area contributed by atoms with Crippen molar-refractivity contribution in [3.05, 3.63) is 95.3 Å². The number of hydrogen-bond acceptors (Lipinski definition) is 7. The molecule has 1 unspecified atom stereocenters. The number of nitrogens with zero attached hydrogens (tertiary/aromatic N) is 2. The topological polar surface area (TPSA) is 106 Å². The third-order valence-electron chi connectivity index (χ3n) is 5.55. The van der Waals surface area contributed by atoms with Crippen molar-refractivity contribution >= 4 is 29.1 Å². The van der Waals surface area contributed by atoms with Gasteiger partial charge in [0, 0.05) is 23.6 Å². The van der Waals surface area contributed by atoms with Crippen LogP contribution in [0.5, 0.6) is 5.75 Å². The highest BCUT2D eigenvalue weighted by Crippen LogP contribution is 2.42. The molecule has 4 rings (SSSR count). The maximum Gasteiger partial charge on any atom is 0.338 e. The molecule has 1 aliphatic heterocycles. The molecule has 2 aromatic carbocycles. The monoisotopic (exact) mass is 472 g/mol. The lowest BCUT2D eigenvalue weighted by Gasteiger charge is -2.25. The van der Waals surface area contributed by atoms with Crippen LogP contribution in [0.4, 0.5) is 5.69 Å². The first-order valence-corrected chi connectivity index (χ1v) is 11.0. The molecule has 1 amide bonds. The standard InChI is InChI=1S/C27H24N2O6/c1-16(2)35-27(33)19-4-8-20(9-5-19)29-23(17-12-14-28-15-13-17)22(25(31)26(29)32)24(30)18-6-10-21(34-3)11-7-18/h4-16,23,30H,1-3H3/b24-22+. The Morgan fingerprint density at radius 3 is 2.11 bits per heavy atom. The average Bonchev–Trinajstić information content (AvgIpc) is 3.14. The van der Waals surface area contributed by atoms with Crippen LogP contribution < -0.4 is 9.64 Å². The van der Waals surface area contributed by atoms with Crippen LogP contribution in [0.2, 0.25) is 0 Å². The van der Waals surface area contributed by atoms with Crippen LogP contribution in [-0.2, 0) is 14.3 Å². The molecule has 178 valence electrons. The average molecular weight is 472 g/mol. The summed E-state index contributed by atoms with van der Waals surface area (Å²) in [7, 11) is 1.53. The minimum absolute atomic E-state index is 0.0466. The van der Waals surface area contributed by atoms with E-state index in [1.165, 1.54) is 24.1 Å². The van der Waals surface area contributed by atoms with Gasteiger partial charge in [-0.1, -0.05) is 0 Å². The number of carbonyl (C=O) groups excluding carboxylic acids is 3. The number of amides is 1. The summed E-state index contributed by atoms with van der Waals surface area (Å²) in [4.78, 5) is 43.9. The van der Waals surface area contributed by atoms with E-state index >= 15 is 0 Å². The van der Waals surface area contributed by atoms with Gasteiger partial charge >= 0.3 is 5.97 Å². The van der Waals surface area contributed by atoms with E-state index in [-0.39, 0.29) is 17.4 Å². The van der Waals surface area contributed by atoms with Gasteiger partial charge in [-0.3, -0.25) is 19.5 Å². The third kappa shape index (κ3) is 4.63.